The number of ether oxygens (including phenoxy) is 3. The van der Waals surface area contributed by atoms with E-state index < -0.39 is 23.5 Å². The number of nitrogens with one attached hydrogen (secondary N) is 4. The number of amides is 2. The van der Waals surface area contributed by atoms with Gasteiger partial charge in [0.1, 0.15) is 6.04 Å². The highest BCUT2D eigenvalue weighted by atomic mass is 16.5. The third-order valence-corrected chi connectivity index (χ3v) is 6.25. The van der Waals surface area contributed by atoms with Gasteiger partial charge in [-0.2, -0.15) is 4.98 Å². The number of aromatic nitrogens is 4. The summed E-state index contributed by atoms with van der Waals surface area (Å²) in [5.41, 5.74) is 6.60. The second-order valence-electron chi connectivity index (χ2n) is 9.86. The van der Waals surface area contributed by atoms with Gasteiger partial charge in [0.05, 0.1) is 44.9 Å². The topological polar surface area (TPSA) is 233 Å². The van der Waals surface area contributed by atoms with Crippen LogP contribution in [0.5, 0.6) is 0 Å². The van der Waals surface area contributed by atoms with Crippen LogP contribution < -0.4 is 27.2 Å². The number of aromatic amines is 1. The first-order valence-corrected chi connectivity index (χ1v) is 14.7. The van der Waals surface area contributed by atoms with Crippen molar-refractivity contribution in [2.24, 2.45) is 0 Å². The molecule has 0 aliphatic rings. The second kappa shape index (κ2) is 18.9. The van der Waals surface area contributed by atoms with E-state index in [0.29, 0.717) is 57.4 Å². The van der Waals surface area contributed by atoms with E-state index in [4.69, 9.17) is 19.9 Å². The van der Waals surface area contributed by atoms with E-state index in [9.17, 15) is 24.3 Å². The summed E-state index contributed by atoms with van der Waals surface area (Å²) in [6, 6.07) is 5.10. The molecule has 3 rings (SSSR count). The number of nitrogens with two attached hydrogens (primary N) is 1. The number of carbonyl (C=O) groups excluding carboxylic acids is 2. The number of hydrogen-bond donors (Lipinski definition) is 6. The third-order valence-electron chi connectivity index (χ3n) is 6.25. The van der Waals surface area contributed by atoms with Crippen LogP contribution >= 0.6 is 0 Å². The van der Waals surface area contributed by atoms with Crippen LogP contribution in [0.4, 0.5) is 11.6 Å². The van der Waals surface area contributed by atoms with Gasteiger partial charge in [0.25, 0.3) is 11.5 Å². The van der Waals surface area contributed by atoms with E-state index in [-0.39, 0.29) is 48.0 Å². The Kier molecular flexibility index (Phi) is 14.6. The normalized spacial score (nSPS) is 11.7. The molecule has 0 saturated carbocycles. The average Bonchev–Trinajstić information content (AvgIpc) is 3.02. The molecule has 2 heterocycles. The summed E-state index contributed by atoms with van der Waals surface area (Å²) in [6.45, 7) is 5.82. The Morgan fingerprint density at radius 3 is 2.38 bits per heavy atom. The summed E-state index contributed by atoms with van der Waals surface area (Å²) in [7, 11) is 0. The molecule has 0 aliphatic heterocycles. The number of anilines is 2. The molecule has 0 unspecified atom stereocenters. The number of benzene rings is 1. The Morgan fingerprint density at radius 2 is 1.69 bits per heavy atom. The van der Waals surface area contributed by atoms with Gasteiger partial charge in [0.2, 0.25) is 11.9 Å². The molecule has 0 fully saturated rings. The minimum atomic E-state index is -1.24. The summed E-state index contributed by atoms with van der Waals surface area (Å²) in [5, 5.41) is 17.9. The maximum absolute atomic E-state index is 12.7. The van der Waals surface area contributed by atoms with E-state index >= 15 is 0 Å². The van der Waals surface area contributed by atoms with Crippen LogP contribution in [0.25, 0.3) is 11.2 Å². The number of carbonyl (C=O) groups is 3. The summed E-state index contributed by atoms with van der Waals surface area (Å²) >= 11 is 0. The van der Waals surface area contributed by atoms with Crippen molar-refractivity contribution in [3.05, 3.63) is 52.1 Å². The molecule has 1 aromatic carbocycles. The van der Waals surface area contributed by atoms with Crippen molar-refractivity contribution in [2.45, 2.75) is 45.2 Å². The first-order valence-electron chi connectivity index (χ1n) is 14.7. The largest absolute Gasteiger partial charge is 0.480 e. The zero-order valence-corrected chi connectivity index (χ0v) is 25.2. The Balaban J connectivity index is 1.33. The van der Waals surface area contributed by atoms with Crippen molar-refractivity contribution in [2.75, 3.05) is 57.2 Å². The highest BCUT2D eigenvalue weighted by Crippen LogP contribution is 2.12. The van der Waals surface area contributed by atoms with Crippen LogP contribution in [0, 0.1) is 0 Å². The van der Waals surface area contributed by atoms with Gasteiger partial charge in [0.15, 0.2) is 11.2 Å². The van der Waals surface area contributed by atoms with Gasteiger partial charge in [-0.1, -0.05) is 6.92 Å². The lowest BCUT2D eigenvalue weighted by atomic mass is 10.1. The summed E-state index contributed by atoms with van der Waals surface area (Å²) < 4.78 is 16.1. The van der Waals surface area contributed by atoms with Crippen molar-refractivity contribution < 1.29 is 33.7 Å². The van der Waals surface area contributed by atoms with Crippen LogP contribution in [0.15, 0.2) is 35.3 Å². The monoisotopic (exact) mass is 628 g/mol. The van der Waals surface area contributed by atoms with E-state index in [2.05, 4.69) is 35.9 Å². The number of H-pyrrole nitrogens is 1. The minimum absolute atomic E-state index is 0.0489. The van der Waals surface area contributed by atoms with Crippen molar-refractivity contribution >= 4 is 40.6 Å². The zero-order valence-electron chi connectivity index (χ0n) is 25.2. The molecule has 3 aromatic rings. The molecule has 1 atom stereocenters. The molecule has 0 bridgehead atoms. The van der Waals surface area contributed by atoms with Gasteiger partial charge in [-0.15, -0.1) is 0 Å². The lowest BCUT2D eigenvalue weighted by Gasteiger charge is -2.15. The van der Waals surface area contributed by atoms with Crippen LogP contribution in [0.3, 0.4) is 0 Å². The van der Waals surface area contributed by atoms with Crippen molar-refractivity contribution in [1.29, 1.82) is 0 Å². The summed E-state index contributed by atoms with van der Waals surface area (Å²) in [6.07, 6.45) is 2.90. The molecule has 2 aromatic heterocycles. The molecule has 16 nitrogen and oxygen atoms in total. The van der Waals surface area contributed by atoms with Gasteiger partial charge in [-0.05, 0) is 43.5 Å². The molecule has 0 spiro atoms. The van der Waals surface area contributed by atoms with Crippen molar-refractivity contribution in [3.8, 4) is 0 Å². The quantitative estimate of drug-likeness (QED) is 0.0899. The Hall–Kier alpha value is -4.67. The number of fused-ring (bicyclic) bond motifs is 1. The molecule has 0 saturated heterocycles. The predicted molar refractivity (Wildman–Crippen MR) is 165 cm³/mol. The highest BCUT2D eigenvalue weighted by molar-refractivity contribution is 5.97. The molecule has 0 radical (unpaired) electrons. The van der Waals surface area contributed by atoms with Gasteiger partial charge in [-0.25, -0.2) is 14.8 Å². The Bertz CT molecular complexity index is 1450. The molecule has 7 N–H and O–H groups in total. The van der Waals surface area contributed by atoms with Crippen LogP contribution in [0.2, 0.25) is 0 Å². The maximum Gasteiger partial charge on any atom is 0.326 e. The van der Waals surface area contributed by atoms with Crippen LogP contribution in [-0.2, 0) is 30.3 Å². The molecule has 45 heavy (non-hydrogen) atoms. The second-order valence-corrected chi connectivity index (χ2v) is 9.86. The Labute approximate surface area is 259 Å². The molecule has 0 aliphatic carbocycles. The standard InChI is InChI=1S/C29H40N8O8/c1-2-11-43-13-15-45-16-14-44-12-3-10-31-23(38)9-8-22(28(41)42)35-26(39)19-4-6-20(7-5-19)32-17-21-18-33-25-24(34-21)27(40)37-29(30)36-25/h4-7,18,22,32H,2-3,8-17H2,1H3,(H,31,38)(H,35,39)(H,41,42)(H3,30,33,36,37,40)/t22-/m0/s1. The van der Waals surface area contributed by atoms with E-state index in [1.54, 1.807) is 12.1 Å². The molecular formula is C29H40N8O8. The number of carboxylic acid groups (broad SMARTS) is 1. The Morgan fingerprint density at radius 1 is 1.00 bits per heavy atom. The zero-order chi connectivity index (χ0) is 32.4. The van der Waals surface area contributed by atoms with Crippen LogP contribution in [-0.4, -0.2) is 95.1 Å². The maximum atomic E-state index is 12.7. The molecular weight excluding hydrogens is 588 g/mol. The lowest BCUT2D eigenvalue weighted by Crippen LogP contribution is -2.41. The number of nitrogens with zero attached hydrogens (tertiary/aromatic N) is 3. The van der Waals surface area contributed by atoms with E-state index in [0.717, 1.165) is 13.0 Å². The smallest absolute Gasteiger partial charge is 0.326 e. The van der Waals surface area contributed by atoms with Crippen molar-refractivity contribution in [1.82, 2.24) is 30.6 Å². The molecule has 16 heteroatoms. The summed E-state index contributed by atoms with van der Waals surface area (Å²) in [5.74, 6) is -2.19. The highest BCUT2D eigenvalue weighted by Gasteiger charge is 2.21. The number of hydrogen-bond acceptors (Lipinski definition) is 12. The number of rotatable bonds is 21. The minimum Gasteiger partial charge on any atom is -0.480 e. The fraction of sp³-hybridized carbons (Fsp3) is 0.483. The number of carboxylic acids is 1. The fourth-order valence-corrected chi connectivity index (χ4v) is 3.94. The summed E-state index contributed by atoms with van der Waals surface area (Å²) in [4.78, 5) is 63.3. The van der Waals surface area contributed by atoms with Crippen molar-refractivity contribution in [3.63, 3.8) is 0 Å². The molecule has 2 amide bonds. The number of nitrogen functional groups attached to an aromatic ring is 1. The molecule has 244 valence electrons. The van der Waals surface area contributed by atoms with Gasteiger partial charge in [0, 0.05) is 37.4 Å². The third kappa shape index (κ3) is 12.5. The first-order chi connectivity index (χ1) is 21.8. The van der Waals surface area contributed by atoms with E-state index in [1.165, 1.54) is 18.3 Å². The predicted octanol–water partition coefficient (Wildman–Crippen LogP) is 0.837. The SMILES string of the molecule is CCCOCCOCCOCCCNC(=O)CC[C@H](NC(=O)c1ccc(NCc2cnc3nc(N)[nH]c(=O)c3n2)cc1)C(=O)O. The fourth-order valence-electron chi connectivity index (χ4n) is 3.94. The lowest BCUT2D eigenvalue weighted by molar-refractivity contribution is -0.139. The van der Waals surface area contributed by atoms with Gasteiger partial charge >= 0.3 is 5.97 Å². The van der Waals surface area contributed by atoms with Crippen LogP contribution in [0.1, 0.15) is 48.7 Å². The van der Waals surface area contributed by atoms with Gasteiger partial charge in [-0.3, -0.25) is 19.4 Å². The average molecular weight is 629 g/mol. The van der Waals surface area contributed by atoms with Gasteiger partial charge < -0.3 is 41.0 Å². The van der Waals surface area contributed by atoms with E-state index in [1.807, 2.05) is 6.92 Å². The first kappa shape index (κ1) is 34.8. The number of aliphatic carboxylic acids is 1.